The van der Waals surface area contributed by atoms with E-state index >= 15 is 0 Å². The molecule has 0 aromatic heterocycles. The minimum absolute atomic E-state index is 0. The van der Waals surface area contributed by atoms with Gasteiger partial charge in [0, 0.05) is 0 Å². The molecule has 0 saturated heterocycles. The van der Waals surface area contributed by atoms with Gasteiger partial charge in [-0.25, -0.2) is 0 Å². The molecule has 0 spiro atoms. The Kier molecular flexibility index (Phi) is 8.07. The maximum atomic E-state index is 2.45. The minimum atomic E-state index is 0. The molecule has 0 unspecified atom stereocenters. The molecule has 15 heavy (non-hydrogen) atoms. The molecular formula is C12H21Cl2Hf. The molecule has 87 valence electrons. The van der Waals surface area contributed by atoms with E-state index in [0.29, 0.717) is 5.41 Å². The fourth-order valence-corrected chi connectivity index (χ4v) is 4.00. The van der Waals surface area contributed by atoms with Crippen molar-refractivity contribution in [1.82, 2.24) is 0 Å². The van der Waals surface area contributed by atoms with E-state index in [0.717, 1.165) is 5.92 Å². The van der Waals surface area contributed by atoms with Crippen LogP contribution in [0.15, 0.2) is 20.6 Å². The summed E-state index contributed by atoms with van der Waals surface area (Å²) in [6, 6.07) is 0. The number of hydrogen-bond donors (Lipinski definition) is 0. The molecule has 0 saturated carbocycles. The standard InChI is InChI=1S/C12H19.2ClH.Hf/c1-9(2)10-6-7-11(8-10)12(3,4)5;;;/h8-9H,6H2,1-5H3;2*1H;. The Morgan fingerprint density at radius 3 is 1.87 bits per heavy atom. The molecule has 0 fully saturated rings. The van der Waals surface area contributed by atoms with Gasteiger partial charge in [-0.3, -0.25) is 0 Å². The Labute approximate surface area is 121 Å². The minimum Gasteiger partial charge on any atom is -0.147 e. The maximum Gasteiger partial charge on any atom is -0.147 e. The molecule has 0 aliphatic heterocycles. The van der Waals surface area contributed by atoms with Crippen LogP contribution in [0.25, 0.3) is 0 Å². The van der Waals surface area contributed by atoms with E-state index < -0.39 is 0 Å². The zero-order chi connectivity index (χ0) is 10.2. The van der Waals surface area contributed by atoms with Crippen LogP contribution >= 0.6 is 24.8 Å². The van der Waals surface area contributed by atoms with Crippen molar-refractivity contribution in [2.24, 2.45) is 11.3 Å². The summed E-state index contributed by atoms with van der Waals surface area (Å²) >= 11 is 1.23. The van der Waals surface area contributed by atoms with Gasteiger partial charge in [0.05, 0.1) is 0 Å². The van der Waals surface area contributed by atoms with Crippen molar-refractivity contribution in [1.29, 1.82) is 0 Å². The summed E-state index contributed by atoms with van der Waals surface area (Å²) in [4.78, 5) is 0. The maximum absolute atomic E-state index is 2.45. The van der Waals surface area contributed by atoms with Gasteiger partial charge in [-0.15, -0.1) is 24.8 Å². The second-order valence-corrected chi connectivity index (χ2v) is 7.36. The molecule has 1 rings (SSSR count). The summed E-state index contributed by atoms with van der Waals surface area (Å²) in [6.07, 6.45) is 3.71. The Balaban J connectivity index is 0. The monoisotopic (exact) mass is 415 g/mol. The van der Waals surface area contributed by atoms with Crippen LogP contribution in [0.5, 0.6) is 0 Å². The third-order valence-corrected chi connectivity index (χ3v) is 4.19. The van der Waals surface area contributed by atoms with Crippen LogP contribution in [-0.4, -0.2) is 0 Å². The Hall–Kier alpha value is 0.930. The van der Waals surface area contributed by atoms with Gasteiger partial charge in [0.15, 0.2) is 0 Å². The van der Waals surface area contributed by atoms with E-state index in [1.165, 1.54) is 30.8 Å². The van der Waals surface area contributed by atoms with Gasteiger partial charge < -0.3 is 0 Å². The quantitative estimate of drug-likeness (QED) is 0.547. The molecule has 3 heteroatoms. The molecule has 1 aliphatic carbocycles. The first-order valence-electron chi connectivity index (χ1n) is 4.98. The molecule has 1 aliphatic rings. The number of hydrogen-bond acceptors (Lipinski definition) is 0. The molecule has 0 aromatic rings. The van der Waals surface area contributed by atoms with Crippen molar-refractivity contribution >= 4 is 24.8 Å². The van der Waals surface area contributed by atoms with Crippen molar-refractivity contribution in [3.8, 4) is 0 Å². The fraction of sp³-hybridized carbons (Fsp3) is 0.667. The molecule has 0 bridgehead atoms. The van der Waals surface area contributed by atoms with Crippen molar-refractivity contribution in [3.63, 3.8) is 0 Å². The number of rotatable bonds is 1. The zero-order valence-corrected chi connectivity index (χ0v) is 15.4. The first-order valence-corrected chi connectivity index (χ1v) is 6.77. The fourth-order valence-electron chi connectivity index (χ4n) is 1.66. The Bertz CT molecular complexity index is 270. The first kappa shape index (κ1) is 18.3. The Morgan fingerprint density at radius 2 is 1.67 bits per heavy atom. The summed E-state index contributed by atoms with van der Waals surface area (Å²) in [7, 11) is 0. The van der Waals surface area contributed by atoms with Gasteiger partial charge in [-0.05, 0) is 0 Å². The van der Waals surface area contributed by atoms with Crippen LogP contribution < -0.4 is 0 Å². The average molecular weight is 415 g/mol. The topological polar surface area (TPSA) is 0 Å². The third-order valence-electron chi connectivity index (χ3n) is 2.59. The van der Waals surface area contributed by atoms with E-state index in [1.54, 1.807) is 14.5 Å². The second-order valence-electron chi connectivity index (χ2n) is 5.19. The van der Waals surface area contributed by atoms with Gasteiger partial charge >= 0.3 is 97.3 Å². The van der Waals surface area contributed by atoms with E-state index in [2.05, 4.69) is 40.7 Å². The van der Waals surface area contributed by atoms with Gasteiger partial charge in [-0.2, -0.15) is 0 Å². The average Bonchev–Trinajstić information content (AvgIpc) is 2.29. The molecule has 0 nitrogen and oxygen atoms in total. The number of halogens is 2. The molecule has 0 aromatic carbocycles. The molecule has 0 amide bonds. The van der Waals surface area contributed by atoms with Crippen LogP contribution in [-0.2, 0) is 24.4 Å². The molecule has 0 N–H and O–H groups in total. The van der Waals surface area contributed by atoms with E-state index in [1.807, 2.05) is 0 Å². The van der Waals surface area contributed by atoms with E-state index in [9.17, 15) is 0 Å². The van der Waals surface area contributed by atoms with Crippen molar-refractivity contribution < 1.29 is 24.4 Å². The van der Waals surface area contributed by atoms with Crippen LogP contribution in [0.3, 0.4) is 0 Å². The number of allylic oxidation sites excluding steroid dienone is 4. The predicted octanol–water partition coefficient (Wildman–Crippen LogP) is 4.66. The summed E-state index contributed by atoms with van der Waals surface area (Å²) in [5.74, 6) is 0.726. The first-order chi connectivity index (χ1) is 5.82. The Morgan fingerprint density at radius 1 is 1.20 bits per heavy atom. The van der Waals surface area contributed by atoms with Gasteiger partial charge in [-0.1, -0.05) is 0 Å². The summed E-state index contributed by atoms with van der Waals surface area (Å²) < 4.78 is 1.70. The van der Waals surface area contributed by atoms with Gasteiger partial charge in [0.2, 0.25) is 0 Å². The second kappa shape index (κ2) is 6.61. The van der Waals surface area contributed by atoms with Crippen molar-refractivity contribution in [3.05, 3.63) is 20.6 Å². The molecule has 0 atom stereocenters. The van der Waals surface area contributed by atoms with Crippen LogP contribution in [0.2, 0.25) is 0 Å². The normalized spacial score (nSPS) is 15.9. The SMILES string of the molecule is CC(C)C1=CC(C(C)(C)C)=[C]([Hf])C1.Cl.Cl. The molecule has 0 radical (unpaired) electrons. The van der Waals surface area contributed by atoms with Gasteiger partial charge in [0.25, 0.3) is 0 Å². The van der Waals surface area contributed by atoms with E-state index in [-0.39, 0.29) is 24.8 Å². The summed E-state index contributed by atoms with van der Waals surface area (Å²) in [5, 5.41) is 0. The van der Waals surface area contributed by atoms with Crippen molar-refractivity contribution in [2.45, 2.75) is 41.0 Å². The van der Waals surface area contributed by atoms with Crippen LogP contribution in [0, 0.1) is 11.3 Å². The molecular weight excluding hydrogens is 394 g/mol. The third kappa shape index (κ3) is 4.75. The largest absolute Gasteiger partial charge is 0.147 e. The van der Waals surface area contributed by atoms with Gasteiger partial charge in [0.1, 0.15) is 0 Å². The van der Waals surface area contributed by atoms with E-state index in [4.69, 9.17) is 0 Å². The molecule has 0 heterocycles. The smallest absolute Gasteiger partial charge is 0.147 e. The van der Waals surface area contributed by atoms with Crippen LogP contribution in [0.1, 0.15) is 41.0 Å². The predicted molar refractivity (Wildman–Crippen MR) is 68.5 cm³/mol. The summed E-state index contributed by atoms with van der Waals surface area (Å²) in [5.41, 5.74) is 3.60. The summed E-state index contributed by atoms with van der Waals surface area (Å²) in [6.45, 7) is 11.6. The zero-order valence-electron chi connectivity index (χ0n) is 10.2. The van der Waals surface area contributed by atoms with Crippen LogP contribution in [0.4, 0.5) is 0 Å². The van der Waals surface area contributed by atoms with Crippen molar-refractivity contribution in [2.75, 3.05) is 0 Å².